The topological polar surface area (TPSA) is 103 Å². The first kappa shape index (κ1) is 24.0. The number of hydrogen-bond donors (Lipinski definition) is 1. The van der Waals surface area contributed by atoms with Crippen molar-refractivity contribution in [3.8, 4) is 0 Å². The number of anilines is 1. The van der Waals surface area contributed by atoms with Crippen molar-refractivity contribution < 1.29 is 8.42 Å². The van der Waals surface area contributed by atoms with Gasteiger partial charge < -0.3 is 11.1 Å². The lowest BCUT2D eigenvalue weighted by atomic mass is 9.81. The van der Waals surface area contributed by atoms with Crippen LogP contribution < -0.4 is 11.1 Å². The quantitative estimate of drug-likeness (QED) is 0.429. The Morgan fingerprint density at radius 1 is 1.09 bits per heavy atom. The van der Waals surface area contributed by atoms with Gasteiger partial charge in [0.2, 0.25) is 0 Å². The molecule has 0 unspecified atom stereocenters. The monoisotopic (exact) mass is 487 g/mol. The lowest BCUT2D eigenvalue weighted by molar-refractivity contribution is 0.286. The molecule has 0 amide bonds. The maximum absolute atomic E-state index is 13.2. The number of aryl methyl sites for hydroxylation is 1. The minimum atomic E-state index is -3.71. The molecule has 2 aliphatic rings. The second kappa shape index (κ2) is 9.64. The standard InChI is InChI=1S/C24H30N4O2S2.H3N/c1-17-3-7-21(8-4-17)32(29,30)28-11-9-22-23(25-16-26-24(22)28)27(2)20-13-19(14-20)15-31-12-10-18-5-6-18;/h3-4,7-9,11,16,18-20H,5-6,10,12-15H2,1-2H3;1H3. The summed E-state index contributed by atoms with van der Waals surface area (Å²) in [4.78, 5) is 11.3. The number of thioether (sulfide) groups is 1. The van der Waals surface area contributed by atoms with Gasteiger partial charge in [-0.05, 0) is 67.7 Å². The third kappa shape index (κ3) is 4.90. The van der Waals surface area contributed by atoms with Crippen LogP contribution in [0.4, 0.5) is 5.82 Å². The first-order valence-corrected chi connectivity index (χ1v) is 14.0. The summed E-state index contributed by atoms with van der Waals surface area (Å²) in [5.74, 6) is 5.15. The Kier molecular flexibility index (Phi) is 7.02. The number of fused-ring (bicyclic) bond motifs is 1. The van der Waals surface area contributed by atoms with Gasteiger partial charge in [-0.15, -0.1) is 0 Å². The Bertz CT molecular complexity index is 1200. The van der Waals surface area contributed by atoms with Gasteiger partial charge in [0.25, 0.3) is 10.0 Å². The predicted molar refractivity (Wildman–Crippen MR) is 136 cm³/mol. The van der Waals surface area contributed by atoms with E-state index in [1.165, 1.54) is 53.9 Å². The van der Waals surface area contributed by atoms with Crippen LogP contribution in [-0.2, 0) is 10.0 Å². The van der Waals surface area contributed by atoms with Gasteiger partial charge in [0.05, 0.1) is 10.3 Å². The molecule has 0 bridgehead atoms. The molecule has 0 atom stereocenters. The van der Waals surface area contributed by atoms with E-state index in [4.69, 9.17) is 0 Å². The molecule has 2 fully saturated rings. The van der Waals surface area contributed by atoms with Crippen molar-refractivity contribution in [2.75, 3.05) is 23.5 Å². The second-order valence-corrected chi connectivity index (χ2v) is 12.2. The third-order valence-electron chi connectivity index (χ3n) is 6.82. The van der Waals surface area contributed by atoms with Gasteiger partial charge in [0, 0.05) is 19.3 Å². The van der Waals surface area contributed by atoms with Crippen molar-refractivity contribution in [2.45, 2.75) is 50.0 Å². The van der Waals surface area contributed by atoms with Crippen molar-refractivity contribution in [3.63, 3.8) is 0 Å². The van der Waals surface area contributed by atoms with Crippen LogP contribution >= 0.6 is 11.8 Å². The molecule has 0 spiro atoms. The minimum absolute atomic E-state index is 0. The van der Waals surface area contributed by atoms with Crippen LogP contribution in [0.3, 0.4) is 0 Å². The second-order valence-electron chi connectivity index (χ2n) is 9.27. The number of hydrogen-bond acceptors (Lipinski definition) is 7. The Labute approximate surface area is 200 Å². The van der Waals surface area contributed by atoms with Crippen molar-refractivity contribution in [2.24, 2.45) is 11.8 Å². The van der Waals surface area contributed by atoms with E-state index >= 15 is 0 Å². The summed E-state index contributed by atoms with van der Waals surface area (Å²) in [6, 6.07) is 9.16. The van der Waals surface area contributed by atoms with E-state index in [0.29, 0.717) is 11.7 Å². The molecular weight excluding hydrogens is 454 g/mol. The van der Waals surface area contributed by atoms with E-state index < -0.39 is 10.0 Å². The minimum Gasteiger partial charge on any atom is -0.356 e. The highest BCUT2D eigenvalue weighted by Gasteiger charge is 2.33. The van der Waals surface area contributed by atoms with Gasteiger partial charge in [-0.3, -0.25) is 0 Å². The average molecular weight is 488 g/mol. The Balaban J connectivity index is 0.00000259. The fraction of sp³-hybridized carbons (Fsp3) is 0.500. The van der Waals surface area contributed by atoms with Crippen molar-refractivity contribution in [1.82, 2.24) is 20.1 Å². The lowest BCUT2D eigenvalue weighted by Gasteiger charge is -2.41. The fourth-order valence-electron chi connectivity index (χ4n) is 4.45. The maximum atomic E-state index is 13.2. The van der Waals surface area contributed by atoms with E-state index in [2.05, 4.69) is 33.7 Å². The van der Waals surface area contributed by atoms with E-state index in [1.807, 2.05) is 25.1 Å². The van der Waals surface area contributed by atoms with Crippen LogP contribution in [0.15, 0.2) is 47.8 Å². The Morgan fingerprint density at radius 3 is 2.52 bits per heavy atom. The molecule has 2 aliphatic carbocycles. The summed E-state index contributed by atoms with van der Waals surface area (Å²) in [6.45, 7) is 1.94. The van der Waals surface area contributed by atoms with Gasteiger partial charge in [-0.1, -0.05) is 30.5 Å². The molecule has 33 heavy (non-hydrogen) atoms. The van der Waals surface area contributed by atoms with Gasteiger partial charge in [0.15, 0.2) is 5.65 Å². The number of rotatable bonds is 9. The number of benzene rings is 1. The molecule has 9 heteroatoms. The maximum Gasteiger partial charge on any atom is 0.269 e. The van der Waals surface area contributed by atoms with Crippen LogP contribution in [0.25, 0.3) is 11.0 Å². The van der Waals surface area contributed by atoms with Gasteiger partial charge >= 0.3 is 0 Å². The zero-order valence-electron chi connectivity index (χ0n) is 19.4. The highest BCUT2D eigenvalue weighted by Crippen LogP contribution is 2.38. The molecule has 0 aliphatic heterocycles. The molecule has 0 saturated heterocycles. The molecule has 5 rings (SSSR count). The van der Waals surface area contributed by atoms with Crippen LogP contribution in [0, 0.1) is 18.8 Å². The summed E-state index contributed by atoms with van der Waals surface area (Å²) >= 11 is 2.11. The van der Waals surface area contributed by atoms with Gasteiger partial charge in [-0.2, -0.15) is 11.8 Å². The molecule has 3 N–H and O–H groups in total. The zero-order valence-corrected chi connectivity index (χ0v) is 21.0. The molecule has 1 aromatic carbocycles. The summed E-state index contributed by atoms with van der Waals surface area (Å²) in [7, 11) is -1.65. The summed E-state index contributed by atoms with van der Waals surface area (Å²) < 4.78 is 27.7. The largest absolute Gasteiger partial charge is 0.356 e. The van der Waals surface area contributed by atoms with E-state index in [1.54, 1.807) is 18.3 Å². The van der Waals surface area contributed by atoms with Crippen LogP contribution in [-0.4, -0.2) is 47.0 Å². The van der Waals surface area contributed by atoms with E-state index in [0.717, 1.165) is 28.6 Å². The molecule has 2 heterocycles. The van der Waals surface area contributed by atoms with Crippen molar-refractivity contribution in [1.29, 1.82) is 0 Å². The smallest absolute Gasteiger partial charge is 0.269 e. The lowest BCUT2D eigenvalue weighted by Crippen LogP contribution is -2.44. The predicted octanol–water partition coefficient (Wildman–Crippen LogP) is 4.89. The first-order valence-electron chi connectivity index (χ1n) is 11.4. The van der Waals surface area contributed by atoms with Crippen molar-refractivity contribution in [3.05, 3.63) is 48.4 Å². The summed E-state index contributed by atoms with van der Waals surface area (Å²) in [5, 5.41) is 0.771. The number of aromatic nitrogens is 3. The highest BCUT2D eigenvalue weighted by molar-refractivity contribution is 7.99. The SMILES string of the molecule is Cc1ccc(S(=O)(=O)n2ccc3c(N(C)C4CC(CSCCC5CC5)C4)ncnc32)cc1.N. The molecule has 2 saturated carbocycles. The van der Waals surface area contributed by atoms with E-state index in [-0.39, 0.29) is 11.0 Å². The zero-order chi connectivity index (χ0) is 22.3. The molecule has 7 nitrogen and oxygen atoms in total. The molecule has 0 radical (unpaired) electrons. The van der Waals surface area contributed by atoms with Crippen LogP contribution in [0.2, 0.25) is 0 Å². The summed E-state index contributed by atoms with van der Waals surface area (Å²) in [5.41, 5.74) is 1.45. The molecule has 3 aromatic rings. The van der Waals surface area contributed by atoms with Crippen LogP contribution in [0.5, 0.6) is 0 Å². The average Bonchev–Trinajstić information content (AvgIpc) is 3.47. The molecule has 178 valence electrons. The van der Waals surface area contributed by atoms with Gasteiger partial charge in [0.1, 0.15) is 12.1 Å². The summed E-state index contributed by atoms with van der Waals surface area (Å²) in [6.07, 6.45) is 9.67. The first-order chi connectivity index (χ1) is 15.4. The Hall–Kier alpha value is -2.10. The van der Waals surface area contributed by atoms with Crippen molar-refractivity contribution >= 4 is 38.6 Å². The Morgan fingerprint density at radius 2 is 1.82 bits per heavy atom. The van der Waals surface area contributed by atoms with Crippen LogP contribution in [0.1, 0.15) is 37.7 Å². The molecular formula is C24H33N5O2S2. The highest BCUT2D eigenvalue weighted by atomic mass is 32.2. The van der Waals surface area contributed by atoms with E-state index in [9.17, 15) is 8.42 Å². The normalized spacial score (nSPS) is 20.3. The number of nitrogens with zero attached hydrogens (tertiary/aromatic N) is 4. The third-order valence-corrected chi connectivity index (χ3v) is 9.73. The fourth-order valence-corrected chi connectivity index (χ4v) is 7.02. The molecule has 2 aromatic heterocycles. The van der Waals surface area contributed by atoms with Gasteiger partial charge in [-0.25, -0.2) is 22.4 Å².